The summed E-state index contributed by atoms with van der Waals surface area (Å²) < 4.78 is 1.92. The van der Waals surface area contributed by atoms with E-state index < -0.39 is 0 Å². The third-order valence-electron chi connectivity index (χ3n) is 2.81. The molecule has 1 aliphatic rings. The van der Waals surface area contributed by atoms with Crippen molar-refractivity contribution in [1.82, 2.24) is 9.88 Å². The summed E-state index contributed by atoms with van der Waals surface area (Å²) in [7, 11) is 0. The van der Waals surface area contributed by atoms with Crippen molar-refractivity contribution in [2.45, 2.75) is 0 Å². The van der Waals surface area contributed by atoms with E-state index in [0.29, 0.717) is 9.93 Å². The number of rotatable bonds is 2. The van der Waals surface area contributed by atoms with Crippen molar-refractivity contribution in [3.63, 3.8) is 0 Å². The van der Waals surface area contributed by atoms with Crippen LogP contribution in [0.15, 0.2) is 47.5 Å². The minimum atomic E-state index is -0.358. The van der Waals surface area contributed by atoms with Gasteiger partial charge >= 0.3 is 0 Å². The molecular formula is C14H9ClN2O2S. The van der Waals surface area contributed by atoms with Gasteiger partial charge in [0.25, 0.3) is 11.1 Å². The second-order valence-electron chi connectivity index (χ2n) is 4.13. The molecule has 4 nitrogen and oxygen atoms in total. The monoisotopic (exact) mass is 304 g/mol. The molecular weight excluding hydrogens is 296 g/mol. The average molecular weight is 305 g/mol. The van der Waals surface area contributed by atoms with Crippen molar-refractivity contribution in [3.8, 4) is 5.69 Å². The lowest BCUT2D eigenvalue weighted by Crippen LogP contribution is -2.17. The Balaban J connectivity index is 1.99. The van der Waals surface area contributed by atoms with Gasteiger partial charge in [-0.1, -0.05) is 11.6 Å². The van der Waals surface area contributed by atoms with E-state index in [-0.39, 0.29) is 11.1 Å². The summed E-state index contributed by atoms with van der Waals surface area (Å²) in [6.45, 7) is 0. The summed E-state index contributed by atoms with van der Waals surface area (Å²) in [5.74, 6) is -0.358. The molecule has 2 aromatic rings. The van der Waals surface area contributed by atoms with Gasteiger partial charge in [-0.15, -0.1) is 0 Å². The first-order valence-corrected chi connectivity index (χ1v) is 7.01. The van der Waals surface area contributed by atoms with Gasteiger partial charge in [-0.05, 0) is 54.2 Å². The van der Waals surface area contributed by atoms with Gasteiger partial charge in [-0.2, -0.15) is 0 Å². The summed E-state index contributed by atoms with van der Waals surface area (Å²) in [5, 5.41) is 2.56. The van der Waals surface area contributed by atoms with Crippen LogP contribution in [0, 0.1) is 0 Å². The number of aromatic nitrogens is 1. The van der Waals surface area contributed by atoms with Crippen LogP contribution < -0.4 is 5.32 Å². The van der Waals surface area contributed by atoms with Crippen LogP contribution in [0.2, 0.25) is 5.02 Å². The van der Waals surface area contributed by atoms with Crippen LogP contribution in [0.4, 0.5) is 4.79 Å². The topological polar surface area (TPSA) is 51.1 Å². The van der Waals surface area contributed by atoms with Gasteiger partial charge in [0.15, 0.2) is 0 Å². The molecule has 0 saturated carbocycles. The van der Waals surface area contributed by atoms with Crippen LogP contribution in [0.25, 0.3) is 11.8 Å². The number of benzene rings is 1. The SMILES string of the molecule is O=C1NC(=O)C(=Cc2cccn2-c2ccc(Cl)cc2)S1. The van der Waals surface area contributed by atoms with Crippen LogP contribution in [0.3, 0.4) is 0 Å². The lowest BCUT2D eigenvalue weighted by molar-refractivity contribution is -0.115. The fourth-order valence-electron chi connectivity index (χ4n) is 1.90. The van der Waals surface area contributed by atoms with Gasteiger partial charge in [-0.3, -0.25) is 14.9 Å². The summed E-state index contributed by atoms with van der Waals surface area (Å²) >= 11 is 6.78. The van der Waals surface area contributed by atoms with E-state index in [9.17, 15) is 9.59 Å². The van der Waals surface area contributed by atoms with Crippen LogP contribution in [0.1, 0.15) is 5.69 Å². The lowest BCUT2D eigenvalue weighted by Gasteiger charge is -2.06. The maximum Gasteiger partial charge on any atom is 0.290 e. The van der Waals surface area contributed by atoms with E-state index in [1.807, 2.05) is 35.0 Å². The lowest BCUT2D eigenvalue weighted by atomic mass is 10.3. The number of hydrogen-bond donors (Lipinski definition) is 1. The Kier molecular flexibility index (Phi) is 3.38. The number of imide groups is 1. The smallest absolute Gasteiger partial charge is 0.290 e. The molecule has 0 unspecified atom stereocenters. The quantitative estimate of drug-likeness (QED) is 0.865. The predicted octanol–water partition coefficient (Wildman–Crippen LogP) is 3.45. The van der Waals surface area contributed by atoms with Crippen LogP contribution in [-0.2, 0) is 4.79 Å². The molecule has 0 atom stereocenters. The first kappa shape index (κ1) is 13.0. The summed E-state index contributed by atoms with van der Waals surface area (Å²) in [4.78, 5) is 23.1. The number of halogens is 1. The Morgan fingerprint density at radius 3 is 2.55 bits per heavy atom. The number of thioether (sulfide) groups is 1. The number of nitrogens with zero attached hydrogens (tertiary/aromatic N) is 1. The van der Waals surface area contributed by atoms with Crippen molar-refractivity contribution < 1.29 is 9.59 Å². The minimum absolute atomic E-state index is 0.342. The molecule has 1 fully saturated rings. The van der Waals surface area contributed by atoms with Gasteiger partial charge in [-0.25, -0.2) is 0 Å². The fraction of sp³-hybridized carbons (Fsp3) is 0. The van der Waals surface area contributed by atoms with E-state index in [2.05, 4.69) is 5.32 Å². The standard InChI is InChI=1S/C14H9ClN2O2S/c15-9-3-5-10(6-4-9)17-7-1-2-11(17)8-12-13(18)16-14(19)20-12/h1-8H,(H,16,18,19). The predicted molar refractivity (Wildman–Crippen MR) is 79.9 cm³/mol. The van der Waals surface area contributed by atoms with E-state index in [1.165, 1.54) is 0 Å². The molecule has 1 aromatic heterocycles. The highest BCUT2D eigenvalue weighted by Gasteiger charge is 2.25. The van der Waals surface area contributed by atoms with E-state index >= 15 is 0 Å². The Morgan fingerprint density at radius 2 is 1.90 bits per heavy atom. The highest BCUT2D eigenvalue weighted by atomic mass is 35.5. The van der Waals surface area contributed by atoms with E-state index in [0.717, 1.165) is 23.1 Å². The highest BCUT2D eigenvalue weighted by Crippen LogP contribution is 2.26. The van der Waals surface area contributed by atoms with Crippen molar-refractivity contribution in [1.29, 1.82) is 0 Å². The first-order chi connectivity index (χ1) is 9.63. The first-order valence-electron chi connectivity index (χ1n) is 5.81. The molecule has 3 rings (SSSR count). The zero-order chi connectivity index (χ0) is 14.1. The number of hydrogen-bond acceptors (Lipinski definition) is 3. The van der Waals surface area contributed by atoms with Crippen LogP contribution >= 0.6 is 23.4 Å². The van der Waals surface area contributed by atoms with Gasteiger partial charge in [0.2, 0.25) is 0 Å². The molecule has 2 amide bonds. The second-order valence-corrected chi connectivity index (χ2v) is 5.58. The summed E-state index contributed by atoms with van der Waals surface area (Å²) in [5.41, 5.74) is 1.75. The maximum absolute atomic E-state index is 11.6. The second kappa shape index (κ2) is 5.19. The number of carbonyl (C=O) groups is 2. The third kappa shape index (κ3) is 2.50. The molecule has 1 N–H and O–H groups in total. The highest BCUT2D eigenvalue weighted by molar-refractivity contribution is 8.18. The van der Waals surface area contributed by atoms with E-state index in [1.54, 1.807) is 18.2 Å². The molecule has 1 aliphatic heterocycles. The molecule has 0 radical (unpaired) electrons. The Labute approximate surface area is 124 Å². The normalized spacial score (nSPS) is 16.8. The largest absolute Gasteiger partial charge is 0.317 e. The Bertz CT molecular complexity index is 719. The summed E-state index contributed by atoms with van der Waals surface area (Å²) in [6.07, 6.45) is 3.58. The van der Waals surface area contributed by atoms with Crippen molar-refractivity contribution in [2.24, 2.45) is 0 Å². The zero-order valence-electron chi connectivity index (χ0n) is 10.2. The number of amides is 2. The average Bonchev–Trinajstić information content (AvgIpc) is 2.98. The van der Waals surface area contributed by atoms with Gasteiger partial charge in [0.1, 0.15) is 0 Å². The minimum Gasteiger partial charge on any atom is -0.317 e. The molecule has 100 valence electrons. The molecule has 6 heteroatoms. The van der Waals surface area contributed by atoms with Crippen molar-refractivity contribution in [3.05, 3.63) is 58.2 Å². The molecule has 0 spiro atoms. The fourth-order valence-corrected chi connectivity index (χ4v) is 2.70. The summed E-state index contributed by atoms with van der Waals surface area (Å²) in [6, 6.07) is 11.1. The molecule has 1 aromatic carbocycles. The zero-order valence-corrected chi connectivity index (χ0v) is 11.7. The molecule has 1 saturated heterocycles. The number of nitrogens with one attached hydrogen (secondary N) is 1. The number of carbonyl (C=O) groups excluding carboxylic acids is 2. The molecule has 0 bridgehead atoms. The van der Waals surface area contributed by atoms with Gasteiger partial charge < -0.3 is 4.57 Å². The van der Waals surface area contributed by atoms with Crippen LogP contribution in [0.5, 0.6) is 0 Å². The molecule has 0 aliphatic carbocycles. The van der Waals surface area contributed by atoms with Crippen LogP contribution in [-0.4, -0.2) is 15.7 Å². The molecule has 20 heavy (non-hydrogen) atoms. The van der Waals surface area contributed by atoms with E-state index in [4.69, 9.17) is 11.6 Å². The van der Waals surface area contributed by atoms with Crippen molar-refractivity contribution >= 4 is 40.6 Å². The van der Waals surface area contributed by atoms with Gasteiger partial charge in [0, 0.05) is 22.6 Å². The third-order valence-corrected chi connectivity index (χ3v) is 3.87. The maximum atomic E-state index is 11.6. The Morgan fingerprint density at radius 1 is 1.15 bits per heavy atom. The van der Waals surface area contributed by atoms with Crippen molar-refractivity contribution in [2.75, 3.05) is 0 Å². The van der Waals surface area contributed by atoms with Gasteiger partial charge in [0.05, 0.1) is 4.91 Å². The molecule has 2 heterocycles. The Hall–Kier alpha value is -1.98.